The van der Waals surface area contributed by atoms with Gasteiger partial charge in [-0.15, -0.1) is 0 Å². The molecule has 0 aromatic heterocycles. The van der Waals surface area contributed by atoms with Gasteiger partial charge in [-0.3, -0.25) is 4.79 Å². The maximum absolute atomic E-state index is 13.5. The molecular formula is C18H17ClFNO. The first kappa shape index (κ1) is 15.0. The summed E-state index contributed by atoms with van der Waals surface area (Å²) in [5.74, 6) is -0.209. The van der Waals surface area contributed by atoms with Crippen LogP contribution in [0.1, 0.15) is 29.7 Å². The second-order valence-corrected chi connectivity index (χ2v) is 6.10. The van der Waals surface area contributed by atoms with Crippen molar-refractivity contribution in [3.8, 4) is 0 Å². The molecule has 2 aromatic rings. The largest absolute Gasteiger partial charge is 0.335 e. The smallest absolute Gasteiger partial charge is 0.227 e. The third kappa shape index (κ3) is 3.00. The van der Waals surface area contributed by atoms with E-state index in [0.717, 1.165) is 23.1 Å². The number of nitrogens with zero attached hydrogens (tertiary/aromatic N) is 1. The zero-order chi connectivity index (χ0) is 15.7. The summed E-state index contributed by atoms with van der Waals surface area (Å²) >= 11 is 5.96. The quantitative estimate of drug-likeness (QED) is 0.814. The summed E-state index contributed by atoms with van der Waals surface area (Å²) < 4.78 is 13.5. The first-order valence-corrected chi connectivity index (χ1v) is 7.74. The molecule has 0 N–H and O–H groups in total. The van der Waals surface area contributed by atoms with Crippen LogP contribution in [0.5, 0.6) is 0 Å². The minimum Gasteiger partial charge on any atom is -0.335 e. The lowest BCUT2D eigenvalue weighted by atomic mass is 9.93. The van der Waals surface area contributed by atoms with Crippen molar-refractivity contribution in [3.63, 3.8) is 0 Å². The van der Waals surface area contributed by atoms with Crippen LogP contribution in [0.2, 0.25) is 5.02 Å². The lowest BCUT2D eigenvalue weighted by molar-refractivity contribution is -0.133. The number of halogens is 2. The number of amides is 1. The number of carbonyl (C=O) groups is 1. The Morgan fingerprint density at radius 3 is 2.91 bits per heavy atom. The summed E-state index contributed by atoms with van der Waals surface area (Å²) in [6.07, 6.45) is 1.08. The van der Waals surface area contributed by atoms with Crippen molar-refractivity contribution in [2.24, 2.45) is 0 Å². The second-order valence-electron chi connectivity index (χ2n) is 5.66. The molecule has 3 rings (SSSR count). The number of rotatable bonds is 2. The molecule has 2 nitrogen and oxygen atoms in total. The Morgan fingerprint density at radius 2 is 2.14 bits per heavy atom. The molecule has 1 heterocycles. The van der Waals surface area contributed by atoms with Crippen molar-refractivity contribution < 1.29 is 9.18 Å². The van der Waals surface area contributed by atoms with Crippen molar-refractivity contribution in [1.82, 2.24) is 4.90 Å². The number of hydrogen-bond donors (Lipinski definition) is 0. The molecule has 1 aliphatic heterocycles. The predicted molar refractivity (Wildman–Crippen MR) is 85.4 cm³/mol. The fourth-order valence-electron chi connectivity index (χ4n) is 3.05. The molecule has 1 amide bonds. The third-order valence-electron chi connectivity index (χ3n) is 4.21. The monoisotopic (exact) mass is 317 g/mol. The van der Waals surface area contributed by atoms with Crippen molar-refractivity contribution in [1.29, 1.82) is 0 Å². The summed E-state index contributed by atoms with van der Waals surface area (Å²) in [7, 11) is 0. The molecular weight excluding hydrogens is 301 g/mol. The zero-order valence-corrected chi connectivity index (χ0v) is 13.1. The minimum atomic E-state index is -0.255. The maximum Gasteiger partial charge on any atom is 0.227 e. The summed E-state index contributed by atoms with van der Waals surface area (Å²) in [6, 6.07) is 12.1. The van der Waals surface area contributed by atoms with Crippen molar-refractivity contribution in [2.75, 3.05) is 6.54 Å². The molecule has 0 bridgehead atoms. The Kier molecular flexibility index (Phi) is 4.16. The fourth-order valence-corrected chi connectivity index (χ4v) is 3.26. The van der Waals surface area contributed by atoms with Crippen LogP contribution in [-0.4, -0.2) is 17.4 Å². The topological polar surface area (TPSA) is 20.3 Å². The van der Waals surface area contributed by atoms with Gasteiger partial charge in [0.1, 0.15) is 5.82 Å². The summed E-state index contributed by atoms with van der Waals surface area (Å²) in [5.41, 5.74) is 2.93. The van der Waals surface area contributed by atoms with Gasteiger partial charge in [-0.25, -0.2) is 4.39 Å². The van der Waals surface area contributed by atoms with E-state index in [1.807, 2.05) is 36.1 Å². The van der Waals surface area contributed by atoms with Crippen LogP contribution in [0.15, 0.2) is 42.5 Å². The molecule has 4 heteroatoms. The average Bonchev–Trinajstić information content (AvgIpc) is 2.48. The maximum atomic E-state index is 13.5. The van der Waals surface area contributed by atoms with Crippen LogP contribution in [-0.2, 0) is 17.6 Å². The molecule has 1 aliphatic rings. The molecule has 0 saturated heterocycles. The van der Waals surface area contributed by atoms with Gasteiger partial charge in [0, 0.05) is 11.6 Å². The number of hydrogen-bond acceptors (Lipinski definition) is 1. The Morgan fingerprint density at radius 1 is 1.32 bits per heavy atom. The number of benzene rings is 2. The van der Waals surface area contributed by atoms with E-state index in [2.05, 4.69) is 0 Å². The summed E-state index contributed by atoms with van der Waals surface area (Å²) in [4.78, 5) is 14.4. The van der Waals surface area contributed by atoms with Gasteiger partial charge in [-0.2, -0.15) is 0 Å². The predicted octanol–water partition coefficient (Wildman–Crippen LogP) is 4.17. The Balaban J connectivity index is 1.79. The van der Waals surface area contributed by atoms with E-state index >= 15 is 0 Å². The Bertz CT molecular complexity index is 716. The third-order valence-corrected chi connectivity index (χ3v) is 4.45. The Labute approximate surface area is 134 Å². The molecule has 22 heavy (non-hydrogen) atoms. The highest BCUT2D eigenvalue weighted by Gasteiger charge is 2.27. The van der Waals surface area contributed by atoms with Gasteiger partial charge < -0.3 is 4.90 Å². The van der Waals surface area contributed by atoms with Crippen LogP contribution < -0.4 is 0 Å². The first-order valence-electron chi connectivity index (χ1n) is 7.37. The van der Waals surface area contributed by atoms with Gasteiger partial charge in [-0.1, -0.05) is 29.8 Å². The molecule has 0 saturated carbocycles. The van der Waals surface area contributed by atoms with E-state index in [0.29, 0.717) is 18.0 Å². The molecule has 0 radical (unpaired) electrons. The normalized spacial score (nSPS) is 17.2. The molecule has 114 valence electrons. The van der Waals surface area contributed by atoms with E-state index in [9.17, 15) is 9.18 Å². The highest BCUT2D eigenvalue weighted by Crippen LogP contribution is 2.30. The van der Waals surface area contributed by atoms with E-state index in [-0.39, 0.29) is 17.8 Å². The molecule has 1 unspecified atom stereocenters. The van der Waals surface area contributed by atoms with Crippen molar-refractivity contribution in [3.05, 3.63) is 70.0 Å². The van der Waals surface area contributed by atoms with E-state index < -0.39 is 0 Å². The molecule has 0 spiro atoms. The zero-order valence-electron chi connectivity index (χ0n) is 12.4. The molecule has 0 fully saturated rings. The Hall–Kier alpha value is -1.87. The van der Waals surface area contributed by atoms with Gasteiger partial charge in [0.25, 0.3) is 0 Å². The molecule has 0 aliphatic carbocycles. The van der Waals surface area contributed by atoms with Gasteiger partial charge in [0.15, 0.2) is 0 Å². The number of carbonyl (C=O) groups excluding carboxylic acids is 1. The van der Waals surface area contributed by atoms with Crippen LogP contribution in [0.3, 0.4) is 0 Å². The minimum absolute atomic E-state index is 0.0460. The highest BCUT2D eigenvalue weighted by atomic mass is 35.5. The second kappa shape index (κ2) is 6.09. The summed E-state index contributed by atoms with van der Waals surface area (Å²) in [5, 5.41) is 0.629. The first-order chi connectivity index (χ1) is 10.5. The van der Waals surface area contributed by atoms with Crippen molar-refractivity contribution >= 4 is 17.5 Å². The van der Waals surface area contributed by atoms with Gasteiger partial charge in [0.2, 0.25) is 5.91 Å². The van der Waals surface area contributed by atoms with E-state index in [1.165, 1.54) is 6.07 Å². The SMILES string of the molecule is CC1c2cc(F)ccc2CCN1C(=O)Cc1cccc(Cl)c1. The van der Waals surface area contributed by atoms with Gasteiger partial charge in [-0.05, 0) is 54.3 Å². The van der Waals surface area contributed by atoms with Crippen molar-refractivity contribution in [2.45, 2.75) is 25.8 Å². The van der Waals surface area contributed by atoms with Crippen LogP contribution in [0, 0.1) is 5.82 Å². The van der Waals surface area contributed by atoms with Gasteiger partial charge in [0.05, 0.1) is 12.5 Å². The lowest BCUT2D eigenvalue weighted by Crippen LogP contribution is -2.39. The molecule has 2 aromatic carbocycles. The van der Waals surface area contributed by atoms with Crippen LogP contribution in [0.25, 0.3) is 0 Å². The molecule has 1 atom stereocenters. The highest BCUT2D eigenvalue weighted by molar-refractivity contribution is 6.30. The average molecular weight is 318 g/mol. The standard InChI is InChI=1S/C18H17ClFNO/c1-12-17-11-16(20)6-5-14(17)7-8-21(12)18(22)10-13-3-2-4-15(19)9-13/h2-6,9,11-12H,7-8,10H2,1H3. The summed E-state index contributed by atoms with van der Waals surface area (Å²) in [6.45, 7) is 2.62. The van der Waals surface area contributed by atoms with E-state index in [4.69, 9.17) is 11.6 Å². The van der Waals surface area contributed by atoms with Crippen LogP contribution >= 0.6 is 11.6 Å². The lowest BCUT2D eigenvalue weighted by Gasteiger charge is -2.35. The fraction of sp³-hybridized carbons (Fsp3) is 0.278. The van der Waals surface area contributed by atoms with Gasteiger partial charge >= 0.3 is 0 Å². The number of fused-ring (bicyclic) bond motifs is 1. The van der Waals surface area contributed by atoms with E-state index in [1.54, 1.807) is 12.1 Å². The van der Waals surface area contributed by atoms with Crippen LogP contribution in [0.4, 0.5) is 4.39 Å².